The average molecular weight is 200 g/mol. The summed E-state index contributed by atoms with van der Waals surface area (Å²) >= 11 is 0. The number of hydrogen-bond donors (Lipinski definition) is 1. The van der Waals surface area contributed by atoms with Crippen molar-refractivity contribution in [1.29, 1.82) is 0 Å². The molecular formula is C11H24N2O. The van der Waals surface area contributed by atoms with E-state index in [4.69, 9.17) is 4.74 Å². The molecular weight excluding hydrogens is 176 g/mol. The van der Waals surface area contributed by atoms with E-state index < -0.39 is 0 Å². The number of hydrogen-bond acceptors (Lipinski definition) is 3. The van der Waals surface area contributed by atoms with Crippen LogP contribution in [0.25, 0.3) is 0 Å². The third-order valence-corrected chi connectivity index (χ3v) is 2.94. The molecule has 3 heteroatoms. The first-order valence-corrected chi connectivity index (χ1v) is 5.60. The summed E-state index contributed by atoms with van der Waals surface area (Å²) in [6.45, 7) is 7.44. The summed E-state index contributed by atoms with van der Waals surface area (Å²) < 4.78 is 5.72. The SMILES string of the molecule is CC(C)C(CC1CNCCO1)N(C)C. The molecule has 1 aliphatic rings. The highest BCUT2D eigenvalue weighted by Gasteiger charge is 2.22. The molecule has 0 bridgehead atoms. The van der Waals surface area contributed by atoms with Crippen molar-refractivity contribution < 1.29 is 4.74 Å². The molecule has 0 aromatic rings. The highest BCUT2D eigenvalue weighted by atomic mass is 16.5. The zero-order valence-corrected chi connectivity index (χ0v) is 9.92. The largest absolute Gasteiger partial charge is 0.376 e. The van der Waals surface area contributed by atoms with Crippen molar-refractivity contribution >= 4 is 0 Å². The molecule has 1 fully saturated rings. The Morgan fingerprint density at radius 2 is 2.14 bits per heavy atom. The van der Waals surface area contributed by atoms with Crippen LogP contribution in [0.3, 0.4) is 0 Å². The Labute approximate surface area is 87.8 Å². The van der Waals surface area contributed by atoms with E-state index in [-0.39, 0.29) is 0 Å². The van der Waals surface area contributed by atoms with Crippen LogP contribution >= 0.6 is 0 Å². The van der Waals surface area contributed by atoms with Gasteiger partial charge in [0.15, 0.2) is 0 Å². The second-order valence-corrected chi connectivity index (χ2v) is 4.71. The fourth-order valence-corrected chi connectivity index (χ4v) is 2.12. The van der Waals surface area contributed by atoms with Gasteiger partial charge >= 0.3 is 0 Å². The minimum atomic E-state index is 0.401. The molecule has 1 N–H and O–H groups in total. The van der Waals surface area contributed by atoms with Gasteiger partial charge in [-0.15, -0.1) is 0 Å². The Balaban J connectivity index is 2.37. The lowest BCUT2D eigenvalue weighted by Gasteiger charge is -2.33. The van der Waals surface area contributed by atoms with Gasteiger partial charge in [-0.3, -0.25) is 0 Å². The molecule has 14 heavy (non-hydrogen) atoms. The summed E-state index contributed by atoms with van der Waals surface area (Å²) in [5, 5.41) is 3.37. The van der Waals surface area contributed by atoms with Gasteiger partial charge in [0.05, 0.1) is 12.7 Å². The molecule has 0 amide bonds. The molecule has 0 spiro atoms. The maximum absolute atomic E-state index is 5.72. The number of rotatable bonds is 4. The normalized spacial score (nSPS) is 25.7. The van der Waals surface area contributed by atoms with Crippen molar-refractivity contribution in [3.8, 4) is 0 Å². The Hall–Kier alpha value is -0.120. The van der Waals surface area contributed by atoms with Gasteiger partial charge in [-0.2, -0.15) is 0 Å². The molecule has 0 aliphatic carbocycles. The highest BCUT2D eigenvalue weighted by Crippen LogP contribution is 2.16. The quantitative estimate of drug-likeness (QED) is 0.731. The van der Waals surface area contributed by atoms with Crippen molar-refractivity contribution in [2.45, 2.75) is 32.4 Å². The monoisotopic (exact) mass is 200 g/mol. The Bertz CT molecular complexity index is 145. The molecule has 2 unspecified atom stereocenters. The van der Waals surface area contributed by atoms with Crippen LogP contribution in [0.4, 0.5) is 0 Å². The van der Waals surface area contributed by atoms with Gasteiger partial charge in [0.2, 0.25) is 0 Å². The molecule has 1 heterocycles. The second kappa shape index (κ2) is 5.69. The lowest BCUT2D eigenvalue weighted by Crippen LogP contribution is -2.44. The summed E-state index contributed by atoms with van der Waals surface area (Å²) in [6.07, 6.45) is 1.54. The smallest absolute Gasteiger partial charge is 0.0715 e. The number of nitrogens with zero attached hydrogens (tertiary/aromatic N) is 1. The third kappa shape index (κ3) is 3.56. The minimum Gasteiger partial charge on any atom is -0.376 e. The number of ether oxygens (including phenoxy) is 1. The van der Waals surface area contributed by atoms with Gasteiger partial charge in [0, 0.05) is 19.1 Å². The van der Waals surface area contributed by atoms with Gasteiger partial charge in [0.25, 0.3) is 0 Å². The molecule has 3 nitrogen and oxygen atoms in total. The van der Waals surface area contributed by atoms with Crippen LogP contribution in [-0.4, -0.2) is 50.8 Å². The van der Waals surface area contributed by atoms with Crippen LogP contribution in [0, 0.1) is 5.92 Å². The molecule has 1 aliphatic heterocycles. The van der Waals surface area contributed by atoms with E-state index >= 15 is 0 Å². The van der Waals surface area contributed by atoms with Crippen LogP contribution in [-0.2, 0) is 4.74 Å². The van der Waals surface area contributed by atoms with Crippen molar-refractivity contribution in [3.05, 3.63) is 0 Å². The summed E-state index contributed by atoms with van der Waals surface area (Å²) in [5.74, 6) is 0.690. The molecule has 2 atom stereocenters. The fraction of sp³-hybridized carbons (Fsp3) is 1.00. The fourth-order valence-electron chi connectivity index (χ4n) is 2.12. The summed E-state index contributed by atoms with van der Waals surface area (Å²) in [4.78, 5) is 2.31. The zero-order valence-electron chi connectivity index (χ0n) is 9.92. The second-order valence-electron chi connectivity index (χ2n) is 4.71. The van der Waals surface area contributed by atoms with E-state index in [9.17, 15) is 0 Å². The maximum Gasteiger partial charge on any atom is 0.0715 e. The molecule has 84 valence electrons. The van der Waals surface area contributed by atoms with Crippen LogP contribution in [0.1, 0.15) is 20.3 Å². The molecule has 0 saturated carbocycles. The topological polar surface area (TPSA) is 24.5 Å². The average Bonchev–Trinajstić information content (AvgIpc) is 2.15. The van der Waals surface area contributed by atoms with E-state index in [1.54, 1.807) is 0 Å². The Morgan fingerprint density at radius 3 is 2.57 bits per heavy atom. The molecule has 1 rings (SSSR count). The van der Waals surface area contributed by atoms with Crippen molar-refractivity contribution in [2.75, 3.05) is 33.8 Å². The van der Waals surface area contributed by atoms with Crippen LogP contribution in [0.15, 0.2) is 0 Å². The predicted molar refractivity (Wildman–Crippen MR) is 59.5 cm³/mol. The Kier molecular flexibility index (Phi) is 4.85. The lowest BCUT2D eigenvalue weighted by molar-refractivity contribution is 0.00375. The molecule has 0 aromatic heterocycles. The summed E-state index contributed by atoms with van der Waals surface area (Å²) in [5.41, 5.74) is 0. The lowest BCUT2D eigenvalue weighted by atomic mass is 9.96. The van der Waals surface area contributed by atoms with Gasteiger partial charge < -0.3 is 15.0 Å². The van der Waals surface area contributed by atoms with Gasteiger partial charge in [-0.05, 0) is 26.4 Å². The van der Waals surface area contributed by atoms with E-state index in [0.29, 0.717) is 18.1 Å². The third-order valence-electron chi connectivity index (χ3n) is 2.94. The number of morpholine rings is 1. The first kappa shape index (κ1) is 12.0. The Morgan fingerprint density at radius 1 is 1.43 bits per heavy atom. The van der Waals surface area contributed by atoms with E-state index in [1.165, 1.54) is 0 Å². The van der Waals surface area contributed by atoms with Crippen LogP contribution in [0.2, 0.25) is 0 Å². The number of nitrogens with one attached hydrogen (secondary N) is 1. The van der Waals surface area contributed by atoms with E-state index in [2.05, 4.69) is 38.2 Å². The first-order valence-electron chi connectivity index (χ1n) is 5.60. The van der Waals surface area contributed by atoms with E-state index in [1.807, 2.05) is 0 Å². The maximum atomic E-state index is 5.72. The van der Waals surface area contributed by atoms with Gasteiger partial charge in [-0.25, -0.2) is 0 Å². The molecule has 1 saturated heterocycles. The van der Waals surface area contributed by atoms with Crippen LogP contribution < -0.4 is 5.32 Å². The summed E-state index contributed by atoms with van der Waals surface area (Å²) in [7, 11) is 4.31. The van der Waals surface area contributed by atoms with Gasteiger partial charge in [0.1, 0.15) is 0 Å². The van der Waals surface area contributed by atoms with Crippen LogP contribution in [0.5, 0.6) is 0 Å². The highest BCUT2D eigenvalue weighted by molar-refractivity contribution is 4.77. The standard InChI is InChI=1S/C11H24N2O/c1-9(2)11(13(3)4)7-10-8-12-5-6-14-10/h9-12H,5-8H2,1-4H3. The minimum absolute atomic E-state index is 0.401. The van der Waals surface area contributed by atoms with Crippen molar-refractivity contribution in [2.24, 2.45) is 5.92 Å². The molecule has 0 radical (unpaired) electrons. The zero-order chi connectivity index (χ0) is 10.6. The first-order chi connectivity index (χ1) is 6.61. The van der Waals surface area contributed by atoms with Crippen molar-refractivity contribution in [1.82, 2.24) is 10.2 Å². The van der Waals surface area contributed by atoms with Gasteiger partial charge in [-0.1, -0.05) is 13.8 Å². The molecule has 0 aromatic carbocycles. The summed E-state index contributed by atoms with van der Waals surface area (Å²) in [6, 6.07) is 0.625. The predicted octanol–water partition coefficient (Wildman–Crippen LogP) is 0.951. The van der Waals surface area contributed by atoms with E-state index in [0.717, 1.165) is 26.1 Å². The van der Waals surface area contributed by atoms with Crippen molar-refractivity contribution in [3.63, 3.8) is 0 Å².